The zero-order valence-electron chi connectivity index (χ0n) is 11.0. The molecule has 104 valence electrons. The van der Waals surface area contributed by atoms with Crippen LogP contribution in [0.5, 0.6) is 0 Å². The number of carbonyl (C=O) groups excluding carboxylic acids is 1. The number of hydrogen-bond donors (Lipinski definition) is 0. The summed E-state index contributed by atoms with van der Waals surface area (Å²) in [5.74, 6) is -0.240. The second-order valence-electron chi connectivity index (χ2n) is 4.34. The number of hydrogen-bond acceptors (Lipinski definition) is 4. The SMILES string of the molecule is Cc1nn(CC(=O)c2ccccc2Cl)c(C)c1[N+](=O)[O-]. The highest BCUT2D eigenvalue weighted by Gasteiger charge is 2.23. The third-order valence-corrected chi connectivity index (χ3v) is 3.32. The Morgan fingerprint density at radius 2 is 2.05 bits per heavy atom. The van der Waals surface area contributed by atoms with Gasteiger partial charge in [0, 0.05) is 5.56 Å². The van der Waals surface area contributed by atoms with Crippen LogP contribution < -0.4 is 0 Å². The highest BCUT2D eigenvalue weighted by molar-refractivity contribution is 6.33. The zero-order valence-corrected chi connectivity index (χ0v) is 11.7. The Kier molecular flexibility index (Phi) is 3.85. The highest BCUT2D eigenvalue weighted by Crippen LogP contribution is 2.23. The molecule has 0 amide bonds. The van der Waals surface area contributed by atoms with Crippen molar-refractivity contribution in [3.8, 4) is 0 Å². The van der Waals surface area contributed by atoms with Gasteiger partial charge in [0.25, 0.3) is 0 Å². The third kappa shape index (κ3) is 2.55. The van der Waals surface area contributed by atoms with E-state index in [1.807, 2.05) is 0 Å². The number of nitrogens with zero attached hydrogens (tertiary/aromatic N) is 3. The molecule has 0 radical (unpaired) electrons. The maximum atomic E-state index is 12.2. The molecule has 2 aromatic rings. The van der Waals surface area contributed by atoms with Gasteiger partial charge < -0.3 is 0 Å². The standard InChI is InChI=1S/C13H12ClN3O3/c1-8-13(17(19)20)9(2)16(15-8)7-12(18)10-5-3-4-6-11(10)14/h3-6H,7H2,1-2H3. The predicted molar refractivity (Wildman–Crippen MR) is 74.1 cm³/mol. The van der Waals surface area contributed by atoms with Crippen LogP contribution in [0.15, 0.2) is 24.3 Å². The van der Waals surface area contributed by atoms with Gasteiger partial charge in [0.05, 0.1) is 9.95 Å². The van der Waals surface area contributed by atoms with Gasteiger partial charge in [0.1, 0.15) is 17.9 Å². The summed E-state index contributed by atoms with van der Waals surface area (Å²) in [6, 6.07) is 6.68. The van der Waals surface area contributed by atoms with E-state index < -0.39 is 4.92 Å². The fourth-order valence-corrected chi connectivity index (χ4v) is 2.26. The number of aryl methyl sites for hydroxylation is 1. The predicted octanol–water partition coefficient (Wildman–Crippen LogP) is 2.94. The van der Waals surface area contributed by atoms with E-state index in [2.05, 4.69) is 5.10 Å². The highest BCUT2D eigenvalue weighted by atomic mass is 35.5. The van der Waals surface area contributed by atoms with E-state index in [-0.39, 0.29) is 18.0 Å². The number of aromatic nitrogens is 2. The first kappa shape index (κ1) is 14.2. The number of nitro groups is 1. The molecule has 6 nitrogen and oxygen atoms in total. The average molecular weight is 294 g/mol. The number of halogens is 1. The van der Waals surface area contributed by atoms with Gasteiger partial charge in [-0.1, -0.05) is 23.7 Å². The molecule has 0 aliphatic heterocycles. The van der Waals surface area contributed by atoms with Crippen LogP contribution in [0.4, 0.5) is 5.69 Å². The van der Waals surface area contributed by atoms with Crippen LogP contribution in [0.2, 0.25) is 5.02 Å². The molecule has 0 atom stereocenters. The van der Waals surface area contributed by atoms with Crippen LogP contribution in [0.25, 0.3) is 0 Å². The van der Waals surface area contributed by atoms with Crippen molar-refractivity contribution in [2.75, 3.05) is 0 Å². The number of benzene rings is 1. The first-order chi connectivity index (χ1) is 9.41. The maximum absolute atomic E-state index is 12.2. The van der Waals surface area contributed by atoms with E-state index in [0.29, 0.717) is 22.0 Å². The second kappa shape index (κ2) is 5.42. The monoisotopic (exact) mass is 293 g/mol. The van der Waals surface area contributed by atoms with E-state index >= 15 is 0 Å². The van der Waals surface area contributed by atoms with Crippen molar-refractivity contribution in [1.82, 2.24) is 9.78 Å². The summed E-state index contributed by atoms with van der Waals surface area (Å²) in [5.41, 5.74) is 0.966. The van der Waals surface area contributed by atoms with Gasteiger partial charge in [0.2, 0.25) is 0 Å². The van der Waals surface area contributed by atoms with E-state index in [1.165, 1.54) is 4.68 Å². The minimum Gasteiger partial charge on any atom is -0.292 e. The minimum absolute atomic E-state index is 0.0584. The van der Waals surface area contributed by atoms with Crippen LogP contribution >= 0.6 is 11.6 Å². The number of Topliss-reactive ketones (excluding diaryl/α,β-unsaturated/α-hetero) is 1. The summed E-state index contributed by atoms with van der Waals surface area (Å²) in [7, 11) is 0. The summed E-state index contributed by atoms with van der Waals surface area (Å²) in [5, 5.41) is 15.3. The van der Waals surface area contributed by atoms with E-state index in [0.717, 1.165) is 0 Å². The molecule has 0 spiro atoms. The van der Waals surface area contributed by atoms with E-state index in [4.69, 9.17) is 11.6 Å². The van der Waals surface area contributed by atoms with Gasteiger partial charge in [-0.15, -0.1) is 0 Å². The number of rotatable bonds is 4. The van der Waals surface area contributed by atoms with Crippen molar-refractivity contribution >= 4 is 23.1 Å². The van der Waals surface area contributed by atoms with Crippen molar-refractivity contribution < 1.29 is 9.72 Å². The van der Waals surface area contributed by atoms with Gasteiger partial charge in [0.15, 0.2) is 5.78 Å². The molecule has 0 saturated carbocycles. The maximum Gasteiger partial charge on any atom is 0.312 e. The first-order valence-electron chi connectivity index (χ1n) is 5.88. The smallest absolute Gasteiger partial charge is 0.292 e. The number of carbonyl (C=O) groups is 1. The molecule has 20 heavy (non-hydrogen) atoms. The van der Waals surface area contributed by atoms with Gasteiger partial charge in [-0.05, 0) is 26.0 Å². The lowest BCUT2D eigenvalue weighted by Gasteiger charge is -2.04. The fraction of sp³-hybridized carbons (Fsp3) is 0.231. The van der Waals surface area contributed by atoms with Crippen molar-refractivity contribution in [2.24, 2.45) is 0 Å². The van der Waals surface area contributed by atoms with Crippen LogP contribution in [-0.2, 0) is 6.54 Å². The van der Waals surface area contributed by atoms with Crippen LogP contribution in [0.1, 0.15) is 21.7 Å². The molecule has 1 heterocycles. The summed E-state index contributed by atoms with van der Waals surface area (Å²) >= 11 is 5.95. The third-order valence-electron chi connectivity index (χ3n) is 2.99. The van der Waals surface area contributed by atoms with E-state index in [1.54, 1.807) is 38.1 Å². The second-order valence-corrected chi connectivity index (χ2v) is 4.74. The molecule has 0 aliphatic carbocycles. The molecule has 2 rings (SSSR count). The molecule has 7 heteroatoms. The number of ketones is 1. The van der Waals surface area contributed by atoms with Gasteiger partial charge >= 0.3 is 5.69 Å². The average Bonchev–Trinajstić information content (AvgIpc) is 2.64. The van der Waals surface area contributed by atoms with Crippen LogP contribution in [0.3, 0.4) is 0 Å². The van der Waals surface area contributed by atoms with Crippen molar-refractivity contribution in [3.05, 3.63) is 56.4 Å². The Labute approximate surface area is 120 Å². The van der Waals surface area contributed by atoms with Gasteiger partial charge in [-0.3, -0.25) is 19.6 Å². The lowest BCUT2D eigenvalue weighted by Crippen LogP contribution is -2.13. The van der Waals surface area contributed by atoms with E-state index in [9.17, 15) is 14.9 Å². The summed E-state index contributed by atoms with van der Waals surface area (Å²) in [4.78, 5) is 22.6. The summed E-state index contributed by atoms with van der Waals surface area (Å²) in [6.45, 7) is 3.03. The Morgan fingerprint density at radius 3 is 2.60 bits per heavy atom. The Balaban J connectivity index is 2.32. The molecule has 0 aliphatic rings. The lowest BCUT2D eigenvalue weighted by atomic mass is 10.1. The molecular weight excluding hydrogens is 282 g/mol. The molecular formula is C13H12ClN3O3. The fourth-order valence-electron chi connectivity index (χ4n) is 2.01. The molecule has 1 aromatic carbocycles. The Bertz CT molecular complexity index is 694. The largest absolute Gasteiger partial charge is 0.312 e. The van der Waals surface area contributed by atoms with Crippen molar-refractivity contribution in [2.45, 2.75) is 20.4 Å². The molecule has 0 fully saturated rings. The summed E-state index contributed by atoms with van der Waals surface area (Å²) in [6.07, 6.45) is 0. The van der Waals surface area contributed by atoms with Crippen LogP contribution in [0, 0.1) is 24.0 Å². The normalized spacial score (nSPS) is 10.6. The first-order valence-corrected chi connectivity index (χ1v) is 6.25. The Hall–Kier alpha value is -2.21. The van der Waals surface area contributed by atoms with Crippen molar-refractivity contribution in [1.29, 1.82) is 0 Å². The molecule has 1 aromatic heterocycles. The lowest BCUT2D eigenvalue weighted by molar-refractivity contribution is -0.386. The molecule has 0 bridgehead atoms. The van der Waals surface area contributed by atoms with Crippen molar-refractivity contribution in [3.63, 3.8) is 0 Å². The Morgan fingerprint density at radius 1 is 1.40 bits per heavy atom. The molecule has 0 unspecified atom stereocenters. The van der Waals surface area contributed by atoms with Crippen LogP contribution in [-0.4, -0.2) is 20.5 Å². The van der Waals surface area contributed by atoms with Gasteiger partial charge in [-0.25, -0.2) is 0 Å². The topological polar surface area (TPSA) is 78.0 Å². The molecule has 0 saturated heterocycles. The summed E-state index contributed by atoms with van der Waals surface area (Å²) < 4.78 is 1.33. The minimum atomic E-state index is -0.492. The van der Waals surface area contributed by atoms with Gasteiger partial charge in [-0.2, -0.15) is 5.10 Å². The zero-order chi connectivity index (χ0) is 14.9. The quantitative estimate of drug-likeness (QED) is 0.493. The molecule has 0 N–H and O–H groups in total.